The summed E-state index contributed by atoms with van der Waals surface area (Å²) in [6.07, 6.45) is 56.3. The molecule has 0 heterocycles. The normalized spacial score (nSPS) is 13.5. The molecule has 60 heavy (non-hydrogen) atoms. The highest BCUT2D eigenvalue weighted by molar-refractivity contribution is 5.77. The number of aliphatic hydroxyl groups is 2. The molecule has 0 saturated carbocycles. The van der Waals surface area contributed by atoms with Crippen LogP contribution < -0.4 is 5.32 Å². The highest BCUT2D eigenvalue weighted by Crippen LogP contribution is 2.17. The number of carbonyl (C=O) groups is 2. The first-order valence-corrected chi connectivity index (χ1v) is 26.2. The lowest BCUT2D eigenvalue weighted by Gasteiger charge is -2.24. The number of amides is 1. The predicted molar refractivity (Wildman–Crippen MR) is 259 cm³/mol. The Hall–Kier alpha value is -1.92. The van der Waals surface area contributed by atoms with Crippen molar-refractivity contribution in [1.82, 2.24) is 5.32 Å². The van der Waals surface area contributed by atoms with Crippen LogP contribution in [0.3, 0.4) is 0 Å². The Bertz CT molecular complexity index is 993. The van der Waals surface area contributed by atoms with Crippen LogP contribution in [-0.2, 0) is 14.3 Å². The Morgan fingerprint density at radius 2 is 0.850 bits per heavy atom. The fourth-order valence-corrected chi connectivity index (χ4v) is 7.95. The molecule has 0 bridgehead atoms. The van der Waals surface area contributed by atoms with Crippen molar-refractivity contribution < 1.29 is 24.5 Å². The number of nitrogens with one attached hydrogen (secondary N) is 1. The van der Waals surface area contributed by atoms with E-state index in [1.165, 1.54) is 148 Å². The molecule has 0 aliphatic rings. The van der Waals surface area contributed by atoms with Crippen molar-refractivity contribution >= 4 is 11.9 Å². The summed E-state index contributed by atoms with van der Waals surface area (Å²) in [7, 11) is 0. The first kappa shape index (κ1) is 58.1. The molecular weight excluding hydrogens is 743 g/mol. The van der Waals surface area contributed by atoms with Gasteiger partial charge in [0.25, 0.3) is 0 Å². The summed E-state index contributed by atoms with van der Waals surface area (Å²) in [4.78, 5) is 26.1. The van der Waals surface area contributed by atoms with E-state index >= 15 is 0 Å². The van der Waals surface area contributed by atoms with Crippen molar-refractivity contribution in [2.24, 2.45) is 0 Å². The van der Waals surface area contributed by atoms with E-state index in [1.54, 1.807) is 0 Å². The van der Waals surface area contributed by atoms with E-state index in [0.29, 0.717) is 19.3 Å². The lowest BCUT2D eigenvalue weighted by atomic mass is 10.0. The number of carbonyl (C=O) groups excluding carboxylic acids is 2. The van der Waals surface area contributed by atoms with E-state index in [-0.39, 0.29) is 24.9 Å². The van der Waals surface area contributed by atoms with Gasteiger partial charge in [0.05, 0.1) is 25.2 Å². The molecule has 1 amide bonds. The minimum Gasteiger partial charge on any atom is -0.462 e. The number of unbranched alkanes of at least 4 members (excludes halogenated alkanes) is 30. The molecule has 3 unspecified atom stereocenters. The van der Waals surface area contributed by atoms with Crippen molar-refractivity contribution in [2.45, 2.75) is 289 Å². The lowest BCUT2D eigenvalue weighted by Crippen LogP contribution is -2.46. The van der Waals surface area contributed by atoms with Gasteiger partial charge in [-0.25, -0.2) is 0 Å². The second-order valence-electron chi connectivity index (χ2n) is 17.9. The van der Waals surface area contributed by atoms with Gasteiger partial charge < -0.3 is 20.3 Å². The van der Waals surface area contributed by atoms with Crippen LogP contribution in [0.25, 0.3) is 0 Å². The summed E-state index contributed by atoms with van der Waals surface area (Å²) in [5.41, 5.74) is 0. The highest BCUT2D eigenvalue weighted by Gasteiger charge is 2.24. The van der Waals surface area contributed by atoms with E-state index in [0.717, 1.165) is 77.0 Å². The zero-order valence-corrected chi connectivity index (χ0v) is 40.1. The third-order valence-electron chi connectivity index (χ3n) is 12.0. The smallest absolute Gasteiger partial charge is 0.306 e. The number of hydrogen-bond acceptors (Lipinski definition) is 5. The standard InChI is InChI=1S/C54H101NO5/c1-4-7-10-13-16-19-22-25-26-27-29-30-33-36-39-42-45-50(60-54(59)47-44-41-38-35-32-24-21-18-15-12-9-6-3)48-53(58)55-51(49-56)52(57)46-43-40-37-34-31-28-23-20-17-14-11-8-5-2/h18,21,26-27,29-30,50-52,56-57H,4-17,19-20,22-25,28,31-49H2,1-3H3,(H,55,58)/b21-18-,27-26+,30-29+. The zero-order chi connectivity index (χ0) is 43.8. The summed E-state index contributed by atoms with van der Waals surface area (Å²) in [5.74, 6) is -0.503. The Labute approximate surface area is 373 Å². The third-order valence-corrected chi connectivity index (χ3v) is 12.0. The Kier molecular flexibility index (Phi) is 46.6. The quantitative estimate of drug-likeness (QED) is 0.0245. The van der Waals surface area contributed by atoms with Crippen LogP contribution >= 0.6 is 0 Å². The third kappa shape index (κ3) is 42.8. The molecule has 0 radical (unpaired) electrons. The van der Waals surface area contributed by atoms with Crippen molar-refractivity contribution in [3.8, 4) is 0 Å². The molecule has 0 saturated heterocycles. The van der Waals surface area contributed by atoms with E-state index in [1.807, 2.05) is 0 Å². The summed E-state index contributed by atoms with van der Waals surface area (Å²) in [6.45, 7) is 6.46. The molecule has 0 aromatic heterocycles. The molecule has 0 aromatic rings. The fourth-order valence-electron chi connectivity index (χ4n) is 7.95. The van der Waals surface area contributed by atoms with E-state index in [4.69, 9.17) is 4.74 Å². The molecule has 0 fully saturated rings. The van der Waals surface area contributed by atoms with Crippen LogP contribution in [0.2, 0.25) is 0 Å². The summed E-state index contributed by atoms with van der Waals surface area (Å²) in [5, 5.41) is 23.8. The fraction of sp³-hybridized carbons (Fsp3) is 0.852. The van der Waals surface area contributed by atoms with Gasteiger partial charge in [-0.2, -0.15) is 0 Å². The van der Waals surface area contributed by atoms with Gasteiger partial charge in [0.15, 0.2) is 0 Å². The van der Waals surface area contributed by atoms with Crippen molar-refractivity contribution in [2.75, 3.05) is 6.61 Å². The minimum atomic E-state index is -0.794. The van der Waals surface area contributed by atoms with Crippen molar-refractivity contribution in [3.63, 3.8) is 0 Å². The monoisotopic (exact) mass is 844 g/mol. The molecule has 0 spiro atoms. The van der Waals surface area contributed by atoms with E-state index in [9.17, 15) is 19.8 Å². The van der Waals surface area contributed by atoms with Crippen LogP contribution in [0.5, 0.6) is 0 Å². The Balaban J connectivity index is 4.62. The summed E-state index contributed by atoms with van der Waals surface area (Å²) in [6, 6.07) is -0.709. The summed E-state index contributed by atoms with van der Waals surface area (Å²) >= 11 is 0. The zero-order valence-electron chi connectivity index (χ0n) is 40.1. The highest BCUT2D eigenvalue weighted by atomic mass is 16.5. The van der Waals surface area contributed by atoms with Gasteiger partial charge in [0, 0.05) is 6.42 Å². The van der Waals surface area contributed by atoms with Crippen molar-refractivity contribution in [3.05, 3.63) is 36.5 Å². The number of hydrogen-bond donors (Lipinski definition) is 3. The van der Waals surface area contributed by atoms with Gasteiger partial charge in [0.1, 0.15) is 6.10 Å². The maximum absolute atomic E-state index is 13.2. The number of allylic oxidation sites excluding steroid dienone is 6. The van der Waals surface area contributed by atoms with Crippen LogP contribution in [0.4, 0.5) is 0 Å². The van der Waals surface area contributed by atoms with Crippen LogP contribution in [0, 0.1) is 0 Å². The Morgan fingerprint density at radius 3 is 1.33 bits per heavy atom. The molecule has 0 aromatic carbocycles. The largest absolute Gasteiger partial charge is 0.462 e. The lowest BCUT2D eigenvalue weighted by molar-refractivity contribution is -0.151. The average Bonchev–Trinajstić information content (AvgIpc) is 3.24. The molecular formula is C54H101NO5. The van der Waals surface area contributed by atoms with Gasteiger partial charge in [0.2, 0.25) is 5.91 Å². The second kappa shape index (κ2) is 48.1. The average molecular weight is 844 g/mol. The van der Waals surface area contributed by atoms with Crippen LogP contribution in [0.1, 0.15) is 271 Å². The van der Waals surface area contributed by atoms with E-state index in [2.05, 4.69) is 62.5 Å². The minimum absolute atomic E-state index is 0.0586. The first-order chi connectivity index (χ1) is 29.5. The molecule has 3 atom stereocenters. The van der Waals surface area contributed by atoms with Gasteiger partial charge in [-0.1, -0.05) is 218 Å². The second-order valence-corrected chi connectivity index (χ2v) is 17.9. The van der Waals surface area contributed by atoms with Gasteiger partial charge in [-0.3, -0.25) is 9.59 Å². The van der Waals surface area contributed by atoms with Crippen LogP contribution in [0.15, 0.2) is 36.5 Å². The molecule has 352 valence electrons. The van der Waals surface area contributed by atoms with Crippen molar-refractivity contribution in [1.29, 1.82) is 0 Å². The number of esters is 1. The number of ether oxygens (including phenoxy) is 1. The maximum Gasteiger partial charge on any atom is 0.306 e. The van der Waals surface area contributed by atoms with Gasteiger partial charge in [-0.05, 0) is 77.0 Å². The van der Waals surface area contributed by atoms with Crippen LogP contribution in [-0.4, -0.2) is 46.9 Å². The van der Waals surface area contributed by atoms with Gasteiger partial charge in [-0.15, -0.1) is 0 Å². The topological polar surface area (TPSA) is 95.9 Å². The molecule has 6 nitrogen and oxygen atoms in total. The molecule has 0 rings (SSSR count). The SMILES string of the molecule is CCCCC/C=C\CCCCCCCC(=O)OC(CCCCC/C=C/C=C/CCCCCCCCC)CC(=O)NC(CO)C(O)CCCCCCCCCCCCCCC. The Morgan fingerprint density at radius 1 is 0.483 bits per heavy atom. The summed E-state index contributed by atoms with van der Waals surface area (Å²) < 4.78 is 5.92. The molecule has 0 aliphatic carbocycles. The van der Waals surface area contributed by atoms with E-state index < -0.39 is 18.2 Å². The molecule has 6 heteroatoms. The predicted octanol–water partition coefficient (Wildman–Crippen LogP) is 15.7. The first-order valence-electron chi connectivity index (χ1n) is 26.2. The maximum atomic E-state index is 13.2. The number of rotatable bonds is 47. The number of aliphatic hydroxyl groups excluding tert-OH is 2. The molecule has 0 aliphatic heterocycles. The van der Waals surface area contributed by atoms with Gasteiger partial charge >= 0.3 is 5.97 Å². The molecule has 3 N–H and O–H groups in total.